The molecule has 1 aliphatic heterocycles. The maximum absolute atomic E-state index is 13.0. The van der Waals surface area contributed by atoms with E-state index in [0.29, 0.717) is 24.5 Å². The third-order valence-corrected chi connectivity index (χ3v) is 6.81. The van der Waals surface area contributed by atoms with Crippen LogP contribution in [0.25, 0.3) is 0 Å². The molecule has 1 aromatic heterocycles. The average Bonchev–Trinajstić information content (AvgIpc) is 3.17. The number of carbonyl (C=O) groups is 1. The minimum atomic E-state index is -0.152. The summed E-state index contributed by atoms with van der Waals surface area (Å²) in [6.45, 7) is 5.06. The van der Waals surface area contributed by atoms with E-state index in [1.54, 1.807) is 23.1 Å². The number of aromatic nitrogens is 1. The molecule has 1 amide bonds. The van der Waals surface area contributed by atoms with E-state index in [9.17, 15) is 4.79 Å². The number of aryl methyl sites for hydroxylation is 1. The Hall–Kier alpha value is -2.51. The quantitative estimate of drug-likeness (QED) is 0.562. The summed E-state index contributed by atoms with van der Waals surface area (Å²) in [6, 6.07) is 13.4. The summed E-state index contributed by atoms with van der Waals surface area (Å²) in [4.78, 5) is 17.4. The van der Waals surface area contributed by atoms with E-state index in [0.717, 1.165) is 32.7 Å². The fraction of sp³-hybridized carbons (Fsp3) is 0.273. The Balaban J connectivity index is 1.45. The number of thioether (sulfide) groups is 1. The molecule has 150 valence electrons. The van der Waals surface area contributed by atoms with Crippen LogP contribution in [0.4, 0.5) is 0 Å². The first-order valence-corrected chi connectivity index (χ1v) is 11.3. The molecule has 1 atom stereocenters. The molecule has 1 aliphatic rings. The highest BCUT2D eigenvalue weighted by atomic mass is 32.2. The van der Waals surface area contributed by atoms with Gasteiger partial charge in [-0.15, -0.1) is 11.3 Å². The number of thiazole rings is 1. The molecule has 0 saturated heterocycles. The summed E-state index contributed by atoms with van der Waals surface area (Å²) in [7, 11) is 0. The molecule has 0 saturated carbocycles. The maximum Gasteiger partial charge on any atom is 0.252 e. The molecule has 0 spiro atoms. The van der Waals surface area contributed by atoms with Crippen molar-refractivity contribution < 1.29 is 14.3 Å². The summed E-state index contributed by atoms with van der Waals surface area (Å²) < 4.78 is 12.2. The van der Waals surface area contributed by atoms with E-state index in [1.165, 1.54) is 0 Å². The summed E-state index contributed by atoms with van der Waals surface area (Å²) in [6.07, 6.45) is 0. The minimum absolute atomic E-state index is 0.0843. The number of amides is 1. The Kier molecular flexibility index (Phi) is 6.06. The molecule has 5 nitrogen and oxygen atoms in total. The molecule has 1 unspecified atom stereocenters. The van der Waals surface area contributed by atoms with Crippen molar-refractivity contribution in [1.29, 1.82) is 0 Å². The van der Waals surface area contributed by atoms with Gasteiger partial charge >= 0.3 is 0 Å². The zero-order valence-corrected chi connectivity index (χ0v) is 17.9. The second-order valence-electron chi connectivity index (χ2n) is 6.80. The highest BCUT2D eigenvalue weighted by molar-refractivity contribution is 8.00. The van der Waals surface area contributed by atoms with Crippen molar-refractivity contribution in [1.82, 2.24) is 10.3 Å². The summed E-state index contributed by atoms with van der Waals surface area (Å²) >= 11 is 3.29. The lowest BCUT2D eigenvalue weighted by molar-refractivity contribution is 0.0939. The van der Waals surface area contributed by atoms with Gasteiger partial charge in [0.15, 0.2) is 11.5 Å². The van der Waals surface area contributed by atoms with Gasteiger partial charge in [-0.2, -0.15) is 0 Å². The van der Waals surface area contributed by atoms with E-state index in [1.807, 2.05) is 61.7 Å². The number of carbonyl (C=O) groups excluding carboxylic acids is 1. The van der Waals surface area contributed by atoms with Gasteiger partial charge in [0, 0.05) is 22.4 Å². The van der Waals surface area contributed by atoms with Crippen LogP contribution in [-0.2, 0) is 5.75 Å². The monoisotopic (exact) mass is 426 g/mol. The van der Waals surface area contributed by atoms with Crippen molar-refractivity contribution in [3.63, 3.8) is 0 Å². The Morgan fingerprint density at radius 1 is 1.21 bits per heavy atom. The number of rotatable bonds is 6. The van der Waals surface area contributed by atoms with Crippen LogP contribution in [0.1, 0.15) is 40.1 Å². The van der Waals surface area contributed by atoms with Crippen LogP contribution in [0, 0.1) is 6.92 Å². The zero-order valence-electron chi connectivity index (χ0n) is 16.3. The van der Waals surface area contributed by atoms with Crippen molar-refractivity contribution in [2.24, 2.45) is 0 Å². The molecular formula is C22H22N2O3S2. The number of ether oxygens (including phenoxy) is 2. The average molecular weight is 427 g/mol. The lowest BCUT2D eigenvalue weighted by Gasteiger charge is -2.21. The van der Waals surface area contributed by atoms with Gasteiger partial charge in [-0.1, -0.05) is 36.0 Å². The van der Waals surface area contributed by atoms with Crippen LogP contribution in [-0.4, -0.2) is 24.1 Å². The van der Waals surface area contributed by atoms with Gasteiger partial charge in [0.25, 0.3) is 5.91 Å². The smallest absolute Gasteiger partial charge is 0.252 e. The largest absolute Gasteiger partial charge is 0.486 e. The first-order chi connectivity index (χ1) is 14.1. The van der Waals surface area contributed by atoms with Gasteiger partial charge in [0.1, 0.15) is 17.6 Å². The number of fused-ring (bicyclic) bond motifs is 1. The van der Waals surface area contributed by atoms with Gasteiger partial charge < -0.3 is 14.8 Å². The second-order valence-corrected chi connectivity index (χ2v) is 8.88. The van der Waals surface area contributed by atoms with Crippen molar-refractivity contribution in [3.05, 3.63) is 70.2 Å². The van der Waals surface area contributed by atoms with Crippen molar-refractivity contribution in [3.8, 4) is 11.5 Å². The molecule has 29 heavy (non-hydrogen) atoms. The SMILES string of the molecule is Cc1csc(SCc2ccccc2C(=O)NC(C)c2ccc3c(c2)OCCO3)n1. The van der Waals surface area contributed by atoms with Crippen LogP contribution in [0.2, 0.25) is 0 Å². The van der Waals surface area contributed by atoms with Crippen LogP contribution < -0.4 is 14.8 Å². The van der Waals surface area contributed by atoms with Crippen LogP contribution in [0.15, 0.2) is 52.2 Å². The predicted molar refractivity (Wildman–Crippen MR) is 116 cm³/mol. The molecule has 0 bridgehead atoms. The third kappa shape index (κ3) is 4.74. The predicted octanol–water partition coefficient (Wildman–Crippen LogP) is 5.01. The first-order valence-electron chi connectivity index (χ1n) is 9.43. The van der Waals surface area contributed by atoms with Crippen LogP contribution in [0.5, 0.6) is 11.5 Å². The first kappa shape index (κ1) is 19.8. The van der Waals surface area contributed by atoms with E-state index >= 15 is 0 Å². The Morgan fingerprint density at radius 2 is 2.00 bits per heavy atom. The Morgan fingerprint density at radius 3 is 2.79 bits per heavy atom. The molecule has 0 fully saturated rings. The van der Waals surface area contributed by atoms with Crippen LogP contribution in [0.3, 0.4) is 0 Å². The van der Waals surface area contributed by atoms with Gasteiger partial charge in [-0.25, -0.2) is 4.98 Å². The molecule has 0 aliphatic carbocycles. The third-order valence-electron chi connectivity index (χ3n) is 4.62. The number of benzene rings is 2. The van der Waals surface area contributed by atoms with E-state index in [-0.39, 0.29) is 11.9 Å². The highest BCUT2D eigenvalue weighted by Gasteiger charge is 2.18. The zero-order chi connectivity index (χ0) is 20.2. The lowest BCUT2D eigenvalue weighted by atomic mass is 10.0. The molecular weight excluding hydrogens is 404 g/mol. The van der Waals surface area contributed by atoms with Crippen molar-refractivity contribution in [2.75, 3.05) is 13.2 Å². The van der Waals surface area contributed by atoms with Gasteiger partial charge in [0.2, 0.25) is 0 Å². The standard InChI is InChI=1S/C22H22N2O3S2/c1-14-12-28-22(23-14)29-13-17-5-3-4-6-18(17)21(25)24-15(2)16-7-8-19-20(11-16)27-10-9-26-19/h3-8,11-12,15H,9-10,13H2,1-2H3,(H,24,25). The minimum Gasteiger partial charge on any atom is -0.486 e. The highest BCUT2D eigenvalue weighted by Crippen LogP contribution is 2.33. The molecule has 3 aromatic rings. The van der Waals surface area contributed by atoms with E-state index in [4.69, 9.17) is 9.47 Å². The fourth-order valence-electron chi connectivity index (χ4n) is 3.09. The second kappa shape index (κ2) is 8.88. The van der Waals surface area contributed by atoms with Gasteiger partial charge in [0.05, 0.1) is 6.04 Å². The van der Waals surface area contributed by atoms with E-state index < -0.39 is 0 Å². The summed E-state index contributed by atoms with van der Waals surface area (Å²) in [5.74, 6) is 2.09. The molecule has 1 N–H and O–H groups in total. The van der Waals surface area contributed by atoms with Gasteiger partial charge in [-0.3, -0.25) is 4.79 Å². The van der Waals surface area contributed by atoms with Gasteiger partial charge in [-0.05, 0) is 43.2 Å². The maximum atomic E-state index is 13.0. The Labute approximate surface area is 178 Å². The normalized spacial score (nSPS) is 13.7. The van der Waals surface area contributed by atoms with Crippen LogP contribution >= 0.6 is 23.1 Å². The molecule has 4 rings (SSSR count). The topological polar surface area (TPSA) is 60.5 Å². The summed E-state index contributed by atoms with van der Waals surface area (Å²) in [5, 5.41) is 5.14. The fourth-order valence-corrected chi connectivity index (χ4v) is 4.95. The van der Waals surface area contributed by atoms with E-state index in [2.05, 4.69) is 10.3 Å². The molecule has 0 radical (unpaired) electrons. The molecule has 7 heteroatoms. The van der Waals surface area contributed by atoms with Crippen molar-refractivity contribution in [2.45, 2.75) is 30.0 Å². The number of hydrogen-bond donors (Lipinski definition) is 1. The number of nitrogens with one attached hydrogen (secondary N) is 1. The number of hydrogen-bond acceptors (Lipinski definition) is 6. The molecule has 2 heterocycles. The lowest BCUT2D eigenvalue weighted by Crippen LogP contribution is -2.27. The van der Waals surface area contributed by atoms with Crippen molar-refractivity contribution >= 4 is 29.0 Å². The number of nitrogens with zero attached hydrogens (tertiary/aromatic N) is 1. The Bertz CT molecular complexity index is 1020. The molecule has 2 aromatic carbocycles. The summed E-state index contributed by atoms with van der Waals surface area (Å²) in [5.41, 5.74) is 3.69.